The van der Waals surface area contributed by atoms with Crippen molar-refractivity contribution in [2.45, 2.75) is 39.7 Å². The molecule has 3 heterocycles. The number of esters is 1. The lowest BCUT2D eigenvalue weighted by Gasteiger charge is -2.31. The number of carbonyl (C=O) groups is 2. The molecule has 2 fully saturated rings. The Morgan fingerprint density at radius 2 is 2.15 bits per heavy atom. The Morgan fingerprint density at radius 1 is 1.38 bits per heavy atom. The minimum Gasteiger partial charge on any atom is -0.466 e. The molecule has 1 aromatic heterocycles. The predicted octanol–water partition coefficient (Wildman–Crippen LogP) is 1.55. The fourth-order valence-electron chi connectivity index (χ4n) is 4.40. The summed E-state index contributed by atoms with van der Waals surface area (Å²) in [6.45, 7) is 9.37. The van der Waals surface area contributed by atoms with Crippen LogP contribution in [0, 0.1) is 11.3 Å². The Balaban J connectivity index is 1.86. The topological polar surface area (TPSA) is 67.7 Å². The van der Waals surface area contributed by atoms with E-state index >= 15 is 0 Å². The van der Waals surface area contributed by atoms with Crippen molar-refractivity contribution in [3.8, 4) is 0 Å². The second kappa shape index (κ2) is 7.39. The number of rotatable bonds is 4. The molecule has 1 aromatic rings. The number of nitrogens with zero attached hydrogens (tertiary/aromatic N) is 4. The number of aromatic nitrogens is 2. The van der Waals surface area contributed by atoms with Gasteiger partial charge in [-0.15, -0.1) is 0 Å². The van der Waals surface area contributed by atoms with Crippen molar-refractivity contribution >= 4 is 11.9 Å². The molecule has 7 nitrogen and oxygen atoms in total. The summed E-state index contributed by atoms with van der Waals surface area (Å²) in [5, 5.41) is 4.11. The van der Waals surface area contributed by atoms with Crippen LogP contribution in [0.5, 0.6) is 0 Å². The van der Waals surface area contributed by atoms with Crippen LogP contribution in [-0.4, -0.2) is 70.3 Å². The number of hydrogen-bond donors (Lipinski definition) is 0. The minimum atomic E-state index is -0.498. The van der Waals surface area contributed by atoms with Crippen LogP contribution in [0.3, 0.4) is 0 Å². The quantitative estimate of drug-likeness (QED) is 0.760. The standard InChI is InChI=1S/C19H30N4O3/c1-5-26-18(25)19-8-6-10-22(17(24)16-7-9-20-21(16)4)11-15(19)12-23(13-19)14(2)3/h7,9,14-15H,5-6,8,10-13H2,1-4H3/t15-,19-/m0/s1. The molecule has 26 heavy (non-hydrogen) atoms. The molecule has 2 saturated heterocycles. The molecule has 0 bridgehead atoms. The molecule has 2 aliphatic rings. The SMILES string of the molecule is CCOC(=O)[C@]12CCCN(C(=O)c3ccnn3C)C[C@H]1CN(C(C)C)C2. The van der Waals surface area contributed by atoms with Crippen molar-refractivity contribution < 1.29 is 14.3 Å². The largest absolute Gasteiger partial charge is 0.466 e. The Morgan fingerprint density at radius 3 is 2.77 bits per heavy atom. The normalized spacial score (nSPS) is 26.7. The Labute approximate surface area is 155 Å². The van der Waals surface area contributed by atoms with Gasteiger partial charge in [-0.2, -0.15) is 5.10 Å². The highest BCUT2D eigenvalue weighted by Crippen LogP contribution is 2.44. The molecule has 0 unspecified atom stereocenters. The van der Waals surface area contributed by atoms with Crippen LogP contribution in [0.2, 0.25) is 0 Å². The van der Waals surface area contributed by atoms with Crippen molar-refractivity contribution in [2.75, 3.05) is 32.8 Å². The Kier molecular flexibility index (Phi) is 5.37. The highest BCUT2D eigenvalue weighted by atomic mass is 16.5. The maximum Gasteiger partial charge on any atom is 0.313 e. The van der Waals surface area contributed by atoms with Gasteiger partial charge >= 0.3 is 5.97 Å². The molecule has 0 radical (unpaired) electrons. The van der Waals surface area contributed by atoms with Crippen LogP contribution >= 0.6 is 0 Å². The number of likely N-dealkylation sites (tertiary alicyclic amines) is 2. The molecule has 3 rings (SSSR count). The lowest BCUT2D eigenvalue weighted by atomic mass is 9.75. The maximum absolute atomic E-state index is 13.0. The molecule has 144 valence electrons. The van der Waals surface area contributed by atoms with E-state index in [1.54, 1.807) is 24.0 Å². The molecule has 1 amide bonds. The molecule has 7 heteroatoms. The average Bonchev–Trinajstić information content (AvgIpc) is 3.14. The maximum atomic E-state index is 13.0. The van der Waals surface area contributed by atoms with Gasteiger partial charge in [-0.1, -0.05) is 0 Å². The molecular weight excluding hydrogens is 332 g/mol. The van der Waals surface area contributed by atoms with Gasteiger partial charge in [0.25, 0.3) is 5.91 Å². The number of fused-ring (bicyclic) bond motifs is 1. The van der Waals surface area contributed by atoms with E-state index in [-0.39, 0.29) is 17.8 Å². The first-order valence-electron chi connectivity index (χ1n) is 9.57. The van der Waals surface area contributed by atoms with Gasteiger partial charge in [-0.25, -0.2) is 0 Å². The zero-order chi connectivity index (χ0) is 18.9. The van der Waals surface area contributed by atoms with E-state index in [4.69, 9.17) is 4.74 Å². The fraction of sp³-hybridized carbons (Fsp3) is 0.737. The zero-order valence-corrected chi connectivity index (χ0v) is 16.3. The first-order valence-corrected chi connectivity index (χ1v) is 9.57. The third-order valence-corrected chi connectivity index (χ3v) is 5.95. The van der Waals surface area contributed by atoms with Crippen LogP contribution in [0.1, 0.15) is 44.1 Å². The average molecular weight is 362 g/mol. The van der Waals surface area contributed by atoms with Crippen LogP contribution in [0.25, 0.3) is 0 Å². The first kappa shape index (κ1) is 18.9. The van der Waals surface area contributed by atoms with Gasteiger partial charge in [0.2, 0.25) is 0 Å². The summed E-state index contributed by atoms with van der Waals surface area (Å²) >= 11 is 0. The second-order valence-corrected chi connectivity index (χ2v) is 7.79. The van der Waals surface area contributed by atoms with Gasteiger partial charge in [-0.05, 0) is 39.7 Å². The fourth-order valence-corrected chi connectivity index (χ4v) is 4.40. The zero-order valence-electron chi connectivity index (χ0n) is 16.3. The van der Waals surface area contributed by atoms with E-state index in [0.29, 0.717) is 31.4 Å². The summed E-state index contributed by atoms with van der Waals surface area (Å²) in [4.78, 5) is 30.1. The van der Waals surface area contributed by atoms with E-state index in [0.717, 1.165) is 25.9 Å². The van der Waals surface area contributed by atoms with Gasteiger partial charge in [0.1, 0.15) is 5.69 Å². The van der Waals surface area contributed by atoms with Crippen molar-refractivity contribution in [3.63, 3.8) is 0 Å². The van der Waals surface area contributed by atoms with Crippen molar-refractivity contribution in [1.29, 1.82) is 0 Å². The molecular formula is C19H30N4O3. The van der Waals surface area contributed by atoms with Crippen LogP contribution in [-0.2, 0) is 16.6 Å². The highest BCUT2D eigenvalue weighted by molar-refractivity contribution is 5.92. The summed E-state index contributed by atoms with van der Waals surface area (Å²) in [5.41, 5.74) is 0.0919. The lowest BCUT2D eigenvalue weighted by molar-refractivity contribution is -0.157. The third kappa shape index (κ3) is 3.24. The lowest BCUT2D eigenvalue weighted by Crippen LogP contribution is -2.44. The summed E-state index contributed by atoms with van der Waals surface area (Å²) in [6.07, 6.45) is 3.23. The van der Waals surface area contributed by atoms with Crippen molar-refractivity contribution in [3.05, 3.63) is 18.0 Å². The highest BCUT2D eigenvalue weighted by Gasteiger charge is 2.54. The molecule has 2 aliphatic heterocycles. The van der Waals surface area contributed by atoms with Crippen LogP contribution in [0.4, 0.5) is 0 Å². The summed E-state index contributed by atoms with van der Waals surface area (Å²) < 4.78 is 7.09. The molecule has 0 N–H and O–H groups in total. The van der Waals surface area contributed by atoms with Gasteiger partial charge in [0.15, 0.2) is 0 Å². The summed E-state index contributed by atoms with van der Waals surface area (Å²) in [6, 6.07) is 2.12. The second-order valence-electron chi connectivity index (χ2n) is 7.79. The first-order chi connectivity index (χ1) is 12.4. The Bertz CT molecular complexity index is 671. The monoisotopic (exact) mass is 362 g/mol. The van der Waals surface area contributed by atoms with Crippen molar-refractivity contribution in [1.82, 2.24) is 19.6 Å². The summed E-state index contributed by atoms with van der Waals surface area (Å²) in [7, 11) is 1.78. The molecule has 0 spiro atoms. The van der Waals surface area contributed by atoms with E-state index in [1.165, 1.54) is 0 Å². The third-order valence-electron chi connectivity index (χ3n) is 5.95. The molecule has 0 aliphatic carbocycles. The smallest absolute Gasteiger partial charge is 0.313 e. The number of aryl methyl sites for hydroxylation is 1. The minimum absolute atomic E-state index is 0.00680. The van der Waals surface area contributed by atoms with Gasteiger partial charge in [0.05, 0.1) is 12.0 Å². The van der Waals surface area contributed by atoms with E-state index in [1.807, 2.05) is 11.8 Å². The molecule has 2 atom stereocenters. The van der Waals surface area contributed by atoms with Crippen molar-refractivity contribution in [2.24, 2.45) is 18.4 Å². The molecule has 0 aromatic carbocycles. The number of hydrogen-bond acceptors (Lipinski definition) is 5. The van der Waals surface area contributed by atoms with E-state index in [9.17, 15) is 9.59 Å². The van der Waals surface area contributed by atoms with E-state index < -0.39 is 5.41 Å². The number of amides is 1. The van der Waals surface area contributed by atoms with Crippen LogP contribution < -0.4 is 0 Å². The van der Waals surface area contributed by atoms with Crippen LogP contribution in [0.15, 0.2) is 12.3 Å². The molecule has 0 saturated carbocycles. The predicted molar refractivity (Wildman–Crippen MR) is 97.6 cm³/mol. The van der Waals surface area contributed by atoms with E-state index in [2.05, 4.69) is 23.8 Å². The number of ether oxygens (including phenoxy) is 1. The Hall–Kier alpha value is -1.89. The van der Waals surface area contributed by atoms with Gasteiger partial charge < -0.3 is 9.64 Å². The number of carbonyl (C=O) groups excluding carboxylic acids is 2. The van der Waals surface area contributed by atoms with Gasteiger partial charge in [0, 0.05) is 51.4 Å². The summed E-state index contributed by atoms with van der Waals surface area (Å²) in [5.74, 6) is -0.000680. The van der Waals surface area contributed by atoms with Gasteiger partial charge in [-0.3, -0.25) is 19.2 Å².